The Morgan fingerprint density at radius 2 is 1.49 bits per heavy atom. The molecule has 2 saturated heterocycles. The second-order valence-corrected chi connectivity index (χ2v) is 19.2. The lowest BCUT2D eigenvalue weighted by molar-refractivity contribution is -0.958. The summed E-state index contributed by atoms with van der Waals surface area (Å²) in [6, 6.07) is 22.7. The van der Waals surface area contributed by atoms with Crippen LogP contribution in [0.5, 0.6) is 0 Å². The Labute approximate surface area is 394 Å². The van der Waals surface area contributed by atoms with E-state index < -0.39 is 29.8 Å². The van der Waals surface area contributed by atoms with E-state index in [9.17, 15) is 28.8 Å². The largest absolute Gasteiger partial charge is 0.370 e. The van der Waals surface area contributed by atoms with Crippen molar-refractivity contribution in [3.05, 3.63) is 99.5 Å². The molecule has 2 aliphatic rings. The SMILES string of the molecule is CC1CC(=O)N(CCCCCC(=O)N[C@H](C(=O)N[C@@H](CCCCC(N)=O)C(=O)Nc2ccc(C[N+]3(Cc4ccccc4)CCC(NCCc4ccc(Cl)cc4Cl)CC3)cc2)C(C)C)C1=O. The van der Waals surface area contributed by atoms with Crippen LogP contribution in [0.3, 0.4) is 0 Å². The van der Waals surface area contributed by atoms with E-state index in [0.717, 1.165) is 67.6 Å². The Morgan fingerprint density at radius 3 is 2.12 bits per heavy atom. The van der Waals surface area contributed by atoms with Crippen LogP contribution in [0.25, 0.3) is 0 Å². The van der Waals surface area contributed by atoms with Gasteiger partial charge in [0.15, 0.2) is 0 Å². The summed E-state index contributed by atoms with van der Waals surface area (Å²) in [7, 11) is 0. The average molecular weight is 934 g/mol. The first-order valence-corrected chi connectivity index (χ1v) is 24.1. The molecule has 15 heteroatoms. The minimum Gasteiger partial charge on any atom is -0.370 e. The zero-order chi connectivity index (χ0) is 46.9. The van der Waals surface area contributed by atoms with Crippen LogP contribution in [-0.2, 0) is 48.3 Å². The number of hydrogen-bond acceptors (Lipinski definition) is 7. The molecule has 0 aromatic heterocycles. The lowest BCUT2D eigenvalue weighted by Crippen LogP contribution is -2.55. The number of primary amides is 1. The first-order chi connectivity index (χ1) is 31.1. The number of quaternary nitrogens is 1. The van der Waals surface area contributed by atoms with E-state index in [2.05, 4.69) is 57.7 Å². The molecule has 0 spiro atoms. The zero-order valence-electron chi connectivity index (χ0n) is 38.2. The number of carbonyl (C=O) groups is 6. The van der Waals surface area contributed by atoms with Gasteiger partial charge in [0.2, 0.25) is 35.4 Å². The maximum absolute atomic E-state index is 13.8. The Bertz CT molecular complexity index is 2080. The number of nitrogens with zero attached hydrogens (tertiary/aromatic N) is 2. The van der Waals surface area contributed by atoms with Crippen molar-refractivity contribution < 1.29 is 33.3 Å². The van der Waals surface area contributed by atoms with Crippen LogP contribution in [0.1, 0.15) is 108 Å². The fourth-order valence-electron chi connectivity index (χ4n) is 8.88. The molecular weight excluding hydrogens is 865 g/mol. The van der Waals surface area contributed by atoms with Crippen molar-refractivity contribution in [1.29, 1.82) is 0 Å². The molecule has 2 heterocycles. The van der Waals surface area contributed by atoms with Gasteiger partial charge in [-0.05, 0) is 74.4 Å². The smallest absolute Gasteiger partial charge is 0.246 e. The Balaban J connectivity index is 1.16. The molecule has 65 heavy (non-hydrogen) atoms. The first-order valence-electron chi connectivity index (χ1n) is 23.3. The fraction of sp³-hybridized carbons (Fsp3) is 0.520. The maximum atomic E-state index is 13.8. The van der Waals surface area contributed by atoms with Gasteiger partial charge in [-0.15, -0.1) is 0 Å². The summed E-state index contributed by atoms with van der Waals surface area (Å²) in [5.41, 5.74) is 9.49. The third-order valence-corrected chi connectivity index (χ3v) is 13.3. The number of amides is 6. The van der Waals surface area contributed by atoms with Crippen molar-refractivity contribution in [2.75, 3.05) is 31.5 Å². The van der Waals surface area contributed by atoms with Gasteiger partial charge < -0.3 is 31.5 Å². The highest BCUT2D eigenvalue weighted by Crippen LogP contribution is 2.28. The number of nitrogens with two attached hydrogens (primary N) is 1. The number of unbranched alkanes of at least 4 members (excludes halogenated alkanes) is 3. The van der Waals surface area contributed by atoms with Gasteiger partial charge >= 0.3 is 0 Å². The van der Waals surface area contributed by atoms with E-state index in [-0.39, 0.29) is 55.2 Å². The third-order valence-electron chi connectivity index (χ3n) is 12.7. The number of nitrogens with one attached hydrogen (secondary N) is 4. The highest BCUT2D eigenvalue weighted by Gasteiger charge is 2.36. The second kappa shape index (κ2) is 25.2. The number of halogens is 2. The van der Waals surface area contributed by atoms with Crippen LogP contribution < -0.4 is 27.0 Å². The van der Waals surface area contributed by atoms with Crippen LogP contribution in [0, 0.1) is 11.8 Å². The van der Waals surface area contributed by atoms with Gasteiger partial charge in [-0.3, -0.25) is 33.7 Å². The number of likely N-dealkylation sites (tertiary alicyclic amines) is 2. The summed E-state index contributed by atoms with van der Waals surface area (Å²) >= 11 is 12.5. The van der Waals surface area contributed by atoms with Crippen molar-refractivity contribution in [1.82, 2.24) is 20.9 Å². The molecule has 3 aromatic carbocycles. The zero-order valence-corrected chi connectivity index (χ0v) is 39.7. The number of carbonyl (C=O) groups excluding carboxylic acids is 6. The number of rotatable bonds is 25. The standard InChI is InChI=1S/C50H67Cl2N7O6/c1-34(2)47(57-45(61)16-8-5-11-27-58-46(62)30-35(3)50(58)65)49(64)56-43(14-9-10-15-44(53)60)48(63)55-41-21-17-37(18-22-41)33-59(32-36-12-6-4-7-13-36)28-24-40(25-29-59)54-26-23-38-19-20-39(51)31-42(38)52/h4,6-7,12-13,17-22,31,34-35,40,43,47,54H,5,8-11,14-16,23-30,32-33H2,1-3H3,(H4-,53,55,56,57,60,61,63,64)/p+1/t35?,40?,43-,47-,59?/m0/s1. The molecule has 5 rings (SSSR count). The lowest BCUT2D eigenvalue weighted by Gasteiger charge is -2.44. The average Bonchev–Trinajstić information content (AvgIpc) is 3.51. The Kier molecular flexibility index (Phi) is 19.8. The molecule has 6 N–H and O–H groups in total. The summed E-state index contributed by atoms with van der Waals surface area (Å²) in [5, 5.41) is 13.8. The van der Waals surface area contributed by atoms with Crippen molar-refractivity contribution >= 4 is 64.3 Å². The van der Waals surface area contributed by atoms with E-state index >= 15 is 0 Å². The van der Waals surface area contributed by atoms with Crippen LogP contribution in [0.4, 0.5) is 5.69 Å². The Hall–Kier alpha value is -4.82. The van der Waals surface area contributed by atoms with Gasteiger partial charge in [-0.1, -0.05) is 105 Å². The molecule has 13 nitrogen and oxygen atoms in total. The molecule has 2 aliphatic heterocycles. The topological polar surface area (TPSA) is 180 Å². The monoisotopic (exact) mass is 932 g/mol. The normalized spacial score (nSPS) is 19.5. The molecular formula is C50H68Cl2N7O6+. The fourth-order valence-corrected chi connectivity index (χ4v) is 9.39. The van der Waals surface area contributed by atoms with Crippen molar-refractivity contribution in [2.24, 2.45) is 17.6 Å². The molecule has 352 valence electrons. The number of hydrogen-bond donors (Lipinski definition) is 5. The van der Waals surface area contributed by atoms with Gasteiger partial charge in [0.05, 0.1) is 13.1 Å². The summed E-state index contributed by atoms with van der Waals surface area (Å²) < 4.78 is 0.909. The molecule has 3 aromatic rings. The van der Waals surface area contributed by atoms with Gasteiger partial charge in [0, 0.05) is 77.5 Å². The van der Waals surface area contributed by atoms with Crippen molar-refractivity contribution in [3.8, 4) is 0 Å². The van der Waals surface area contributed by atoms with E-state index in [0.29, 0.717) is 60.4 Å². The summed E-state index contributed by atoms with van der Waals surface area (Å²) in [4.78, 5) is 77.6. The second-order valence-electron chi connectivity index (χ2n) is 18.4. The van der Waals surface area contributed by atoms with Crippen LogP contribution in [0.15, 0.2) is 72.8 Å². The molecule has 1 unspecified atom stereocenters. The van der Waals surface area contributed by atoms with Crippen LogP contribution >= 0.6 is 23.2 Å². The molecule has 0 aliphatic carbocycles. The summed E-state index contributed by atoms with van der Waals surface area (Å²) in [5.74, 6) is -2.46. The van der Waals surface area contributed by atoms with Gasteiger partial charge in [-0.2, -0.15) is 0 Å². The van der Waals surface area contributed by atoms with Crippen LogP contribution in [-0.4, -0.2) is 89.1 Å². The minimum absolute atomic E-state index is 0.147. The number of benzene rings is 3. The number of anilines is 1. The predicted octanol–water partition coefficient (Wildman–Crippen LogP) is 7.07. The molecule has 3 atom stereocenters. The van der Waals surface area contributed by atoms with Gasteiger partial charge in [0.1, 0.15) is 25.2 Å². The molecule has 2 fully saturated rings. The van der Waals surface area contributed by atoms with Crippen LogP contribution in [0.2, 0.25) is 10.0 Å². The van der Waals surface area contributed by atoms with Crippen molar-refractivity contribution in [2.45, 2.75) is 129 Å². The van der Waals surface area contributed by atoms with Crippen molar-refractivity contribution in [3.63, 3.8) is 0 Å². The third kappa shape index (κ3) is 16.2. The first kappa shape index (κ1) is 51.2. The maximum Gasteiger partial charge on any atom is 0.246 e. The van der Waals surface area contributed by atoms with E-state index in [1.165, 1.54) is 10.5 Å². The highest BCUT2D eigenvalue weighted by molar-refractivity contribution is 6.35. The minimum atomic E-state index is -0.926. The van der Waals surface area contributed by atoms with Gasteiger partial charge in [-0.25, -0.2) is 0 Å². The number of imide groups is 1. The van der Waals surface area contributed by atoms with Gasteiger partial charge in [0.25, 0.3) is 0 Å². The Morgan fingerprint density at radius 1 is 0.815 bits per heavy atom. The summed E-state index contributed by atoms with van der Waals surface area (Å²) in [6.07, 6.45) is 6.46. The number of piperidine rings is 1. The summed E-state index contributed by atoms with van der Waals surface area (Å²) in [6.45, 7) is 10.3. The van der Waals surface area contributed by atoms with E-state index in [1.54, 1.807) is 13.0 Å². The quantitative estimate of drug-likeness (QED) is 0.0343. The lowest BCUT2D eigenvalue weighted by atomic mass is 9.98. The highest BCUT2D eigenvalue weighted by atomic mass is 35.5. The predicted molar refractivity (Wildman–Crippen MR) is 255 cm³/mol. The molecule has 0 saturated carbocycles. The van der Waals surface area contributed by atoms with E-state index in [4.69, 9.17) is 28.9 Å². The molecule has 0 radical (unpaired) electrons. The molecule has 0 bridgehead atoms. The van der Waals surface area contributed by atoms with E-state index in [1.807, 2.05) is 44.2 Å². The molecule has 6 amide bonds.